The Bertz CT molecular complexity index is 638. The van der Waals surface area contributed by atoms with Crippen LogP contribution in [-0.4, -0.2) is 36.1 Å². The van der Waals surface area contributed by atoms with Crippen LogP contribution in [0.2, 0.25) is 0 Å². The second-order valence-corrected chi connectivity index (χ2v) is 5.70. The Kier molecular flexibility index (Phi) is 5.60. The molecule has 1 aliphatic heterocycles. The molecule has 1 aliphatic rings. The number of hydrogen-bond donors (Lipinski definition) is 2. The molecule has 0 unspecified atom stereocenters. The molecule has 6 heteroatoms. The predicted molar refractivity (Wildman–Crippen MR) is 95.2 cm³/mol. The summed E-state index contributed by atoms with van der Waals surface area (Å²) in [5, 5.41) is 6.78. The van der Waals surface area contributed by atoms with Crippen molar-refractivity contribution in [3.05, 3.63) is 41.1 Å². The molecule has 1 heterocycles. The molecule has 0 spiro atoms. The topological polar surface area (TPSA) is 53.6 Å². The molecular weight excluding hydrogens is 310 g/mol. The molecule has 1 atom stereocenters. The third-order valence-electron chi connectivity index (χ3n) is 4.00. The van der Waals surface area contributed by atoms with Gasteiger partial charge in [0, 0.05) is 24.4 Å². The first-order valence-corrected chi connectivity index (χ1v) is 8.14. The molecule has 5 nitrogen and oxygen atoms in total. The molecule has 0 saturated carbocycles. The van der Waals surface area contributed by atoms with E-state index < -0.39 is 0 Å². The van der Waals surface area contributed by atoms with Crippen LogP contribution >= 0.6 is 12.2 Å². The lowest BCUT2D eigenvalue weighted by Gasteiger charge is -2.33. The SMILES string of the molecule is CCN(CC)C(=O)C1=C(C)NC(=S)N[C@H]1c1ccccc1OC. The summed E-state index contributed by atoms with van der Waals surface area (Å²) in [6.45, 7) is 7.16. The highest BCUT2D eigenvalue weighted by Gasteiger charge is 2.33. The van der Waals surface area contributed by atoms with E-state index in [0.717, 1.165) is 17.0 Å². The van der Waals surface area contributed by atoms with Crippen LogP contribution in [0, 0.1) is 0 Å². The Balaban J connectivity index is 2.52. The zero-order valence-electron chi connectivity index (χ0n) is 14.0. The van der Waals surface area contributed by atoms with E-state index in [-0.39, 0.29) is 11.9 Å². The molecule has 1 amide bonds. The number of nitrogens with one attached hydrogen (secondary N) is 2. The number of nitrogens with zero attached hydrogens (tertiary/aromatic N) is 1. The molecule has 0 aromatic heterocycles. The van der Waals surface area contributed by atoms with Crippen LogP contribution < -0.4 is 15.4 Å². The molecular formula is C17H23N3O2S. The minimum absolute atomic E-state index is 0.00547. The fourth-order valence-corrected chi connectivity index (χ4v) is 3.07. The summed E-state index contributed by atoms with van der Waals surface area (Å²) >= 11 is 5.28. The quantitative estimate of drug-likeness (QED) is 0.810. The number of benzene rings is 1. The van der Waals surface area contributed by atoms with Gasteiger partial charge in [-0.3, -0.25) is 4.79 Å². The van der Waals surface area contributed by atoms with E-state index in [1.807, 2.05) is 45.0 Å². The van der Waals surface area contributed by atoms with Gasteiger partial charge >= 0.3 is 0 Å². The third-order valence-corrected chi connectivity index (χ3v) is 4.22. The van der Waals surface area contributed by atoms with Crippen molar-refractivity contribution in [3.63, 3.8) is 0 Å². The highest BCUT2D eigenvalue weighted by molar-refractivity contribution is 7.80. The van der Waals surface area contributed by atoms with Crippen molar-refractivity contribution in [2.75, 3.05) is 20.2 Å². The number of hydrogen-bond acceptors (Lipinski definition) is 3. The second kappa shape index (κ2) is 7.46. The molecule has 0 aliphatic carbocycles. The van der Waals surface area contributed by atoms with Gasteiger partial charge in [-0.1, -0.05) is 18.2 Å². The summed E-state index contributed by atoms with van der Waals surface area (Å²) in [6.07, 6.45) is 0. The monoisotopic (exact) mass is 333 g/mol. The maximum Gasteiger partial charge on any atom is 0.253 e. The standard InChI is InChI=1S/C17H23N3O2S/c1-5-20(6-2)16(21)14-11(3)18-17(23)19-15(14)12-9-7-8-10-13(12)22-4/h7-10,15H,5-6H2,1-4H3,(H2,18,19,23)/t15-/m0/s1. The average Bonchev–Trinajstić information content (AvgIpc) is 2.55. The summed E-state index contributed by atoms with van der Waals surface area (Å²) in [7, 11) is 1.63. The molecule has 1 aromatic carbocycles. The molecule has 23 heavy (non-hydrogen) atoms. The third kappa shape index (κ3) is 3.47. The summed E-state index contributed by atoms with van der Waals surface area (Å²) in [5.74, 6) is 0.734. The van der Waals surface area contributed by atoms with Crippen LogP contribution in [0.25, 0.3) is 0 Å². The average molecular weight is 333 g/mol. The van der Waals surface area contributed by atoms with Gasteiger partial charge in [-0.05, 0) is 39.1 Å². The van der Waals surface area contributed by atoms with Gasteiger partial charge in [-0.25, -0.2) is 0 Å². The second-order valence-electron chi connectivity index (χ2n) is 5.29. The first kappa shape index (κ1) is 17.3. The van der Waals surface area contributed by atoms with Crippen LogP contribution in [0.3, 0.4) is 0 Å². The normalized spacial score (nSPS) is 17.4. The number of carbonyl (C=O) groups excluding carboxylic acids is 1. The number of methoxy groups -OCH3 is 1. The molecule has 0 radical (unpaired) electrons. The maximum absolute atomic E-state index is 13.0. The fourth-order valence-electron chi connectivity index (χ4n) is 2.80. The zero-order chi connectivity index (χ0) is 17.0. The van der Waals surface area contributed by atoms with Gasteiger partial charge in [0.2, 0.25) is 0 Å². The number of para-hydroxylation sites is 1. The van der Waals surface area contributed by atoms with E-state index in [1.165, 1.54) is 0 Å². The van der Waals surface area contributed by atoms with E-state index in [0.29, 0.717) is 23.8 Å². The number of thiocarbonyl (C=S) groups is 1. The van der Waals surface area contributed by atoms with Crippen molar-refractivity contribution in [2.24, 2.45) is 0 Å². The zero-order valence-corrected chi connectivity index (χ0v) is 14.8. The first-order valence-electron chi connectivity index (χ1n) is 7.73. The van der Waals surface area contributed by atoms with Crippen molar-refractivity contribution in [3.8, 4) is 5.75 Å². The minimum atomic E-state index is -0.326. The molecule has 0 bridgehead atoms. The number of likely N-dealkylation sites (N-methyl/N-ethyl adjacent to an activating group) is 1. The first-order chi connectivity index (χ1) is 11.0. The van der Waals surface area contributed by atoms with Crippen LogP contribution in [-0.2, 0) is 4.79 Å². The van der Waals surface area contributed by atoms with Crippen molar-refractivity contribution >= 4 is 23.2 Å². The van der Waals surface area contributed by atoms with Crippen LogP contribution in [0.15, 0.2) is 35.5 Å². The Hall–Kier alpha value is -2.08. The number of amides is 1. The molecule has 0 fully saturated rings. The van der Waals surface area contributed by atoms with Gasteiger partial charge in [0.25, 0.3) is 5.91 Å². The van der Waals surface area contributed by atoms with E-state index in [1.54, 1.807) is 12.0 Å². The Labute approximate surface area is 142 Å². The van der Waals surface area contributed by atoms with Gasteiger partial charge in [0.15, 0.2) is 5.11 Å². The highest BCUT2D eigenvalue weighted by Crippen LogP contribution is 2.33. The predicted octanol–water partition coefficient (Wildman–Crippen LogP) is 2.36. The molecule has 0 saturated heterocycles. The molecule has 2 N–H and O–H groups in total. The summed E-state index contributed by atoms with van der Waals surface area (Å²) in [4.78, 5) is 14.8. The number of allylic oxidation sites excluding steroid dienone is 1. The molecule has 1 aromatic rings. The Morgan fingerprint density at radius 2 is 1.96 bits per heavy atom. The summed E-state index contributed by atoms with van der Waals surface area (Å²) in [5.41, 5.74) is 2.35. The maximum atomic E-state index is 13.0. The summed E-state index contributed by atoms with van der Waals surface area (Å²) in [6, 6.07) is 7.35. The van der Waals surface area contributed by atoms with E-state index in [4.69, 9.17) is 17.0 Å². The Morgan fingerprint density at radius 1 is 1.30 bits per heavy atom. The van der Waals surface area contributed by atoms with E-state index in [2.05, 4.69) is 10.6 Å². The van der Waals surface area contributed by atoms with Crippen LogP contribution in [0.5, 0.6) is 5.75 Å². The smallest absolute Gasteiger partial charge is 0.253 e. The Morgan fingerprint density at radius 3 is 2.57 bits per heavy atom. The van der Waals surface area contributed by atoms with Gasteiger partial charge in [0.1, 0.15) is 5.75 Å². The minimum Gasteiger partial charge on any atom is -0.496 e. The van der Waals surface area contributed by atoms with E-state index in [9.17, 15) is 4.79 Å². The number of carbonyl (C=O) groups is 1. The summed E-state index contributed by atoms with van der Waals surface area (Å²) < 4.78 is 5.46. The lowest BCUT2D eigenvalue weighted by atomic mass is 9.93. The molecule has 124 valence electrons. The van der Waals surface area contributed by atoms with Crippen LogP contribution in [0.4, 0.5) is 0 Å². The lowest BCUT2D eigenvalue weighted by molar-refractivity contribution is -0.127. The highest BCUT2D eigenvalue weighted by atomic mass is 32.1. The van der Waals surface area contributed by atoms with Gasteiger partial charge in [-0.2, -0.15) is 0 Å². The molecule has 2 rings (SSSR count). The van der Waals surface area contributed by atoms with Gasteiger partial charge in [0.05, 0.1) is 18.7 Å². The van der Waals surface area contributed by atoms with Crippen molar-refractivity contribution in [1.29, 1.82) is 0 Å². The fraction of sp³-hybridized carbons (Fsp3) is 0.412. The lowest BCUT2D eigenvalue weighted by Crippen LogP contribution is -2.47. The van der Waals surface area contributed by atoms with Crippen molar-refractivity contribution in [2.45, 2.75) is 26.8 Å². The van der Waals surface area contributed by atoms with Crippen molar-refractivity contribution < 1.29 is 9.53 Å². The van der Waals surface area contributed by atoms with Gasteiger partial charge in [-0.15, -0.1) is 0 Å². The number of ether oxygens (including phenoxy) is 1. The largest absolute Gasteiger partial charge is 0.496 e. The van der Waals surface area contributed by atoms with Gasteiger partial charge < -0.3 is 20.3 Å². The van der Waals surface area contributed by atoms with Crippen molar-refractivity contribution in [1.82, 2.24) is 15.5 Å². The van der Waals surface area contributed by atoms with Crippen LogP contribution in [0.1, 0.15) is 32.4 Å². The van der Waals surface area contributed by atoms with E-state index >= 15 is 0 Å². The number of rotatable bonds is 5.